The third-order valence-electron chi connectivity index (χ3n) is 1.18. The molecule has 0 aliphatic heterocycles. The van der Waals surface area contributed by atoms with Gasteiger partial charge < -0.3 is 5.11 Å². The maximum Gasteiger partial charge on any atom is 0.0428 e. The van der Waals surface area contributed by atoms with Gasteiger partial charge in [0.1, 0.15) is 0 Å². The van der Waals surface area contributed by atoms with Crippen molar-refractivity contribution in [2.24, 2.45) is 0 Å². The molecule has 0 saturated heterocycles. The standard InChI is InChI=1S/C6H14.C3H8O/c1-3-5-6-4-2;1-2-3-4/h3-6H2,1-2H3;4H,2-3H2,1H3. The van der Waals surface area contributed by atoms with Crippen LogP contribution in [0.2, 0.25) is 0 Å². The molecule has 0 amide bonds. The molecule has 0 rings (SSSR count). The van der Waals surface area contributed by atoms with Crippen LogP contribution >= 0.6 is 0 Å². The zero-order chi connectivity index (χ0) is 8.24. The van der Waals surface area contributed by atoms with E-state index in [2.05, 4.69) is 13.8 Å². The lowest BCUT2D eigenvalue weighted by molar-refractivity contribution is 0.295. The molecule has 0 unspecified atom stereocenters. The molecule has 1 nitrogen and oxygen atoms in total. The van der Waals surface area contributed by atoms with Gasteiger partial charge in [-0.3, -0.25) is 0 Å². The Bertz CT molecular complexity index is 29.7. The van der Waals surface area contributed by atoms with Crippen molar-refractivity contribution in [3.63, 3.8) is 0 Å². The summed E-state index contributed by atoms with van der Waals surface area (Å²) in [6, 6.07) is 0. The number of hydrogen-bond acceptors (Lipinski definition) is 1. The van der Waals surface area contributed by atoms with Crippen molar-refractivity contribution < 1.29 is 5.11 Å². The predicted molar refractivity (Wildman–Crippen MR) is 47.2 cm³/mol. The molecule has 0 bridgehead atoms. The Balaban J connectivity index is 0. The van der Waals surface area contributed by atoms with E-state index >= 15 is 0 Å². The van der Waals surface area contributed by atoms with E-state index in [1.54, 1.807) is 0 Å². The van der Waals surface area contributed by atoms with Crippen molar-refractivity contribution in [1.82, 2.24) is 0 Å². The van der Waals surface area contributed by atoms with Gasteiger partial charge in [-0.05, 0) is 6.42 Å². The van der Waals surface area contributed by atoms with Crippen LogP contribution in [0.3, 0.4) is 0 Å². The van der Waals surface area contributed by atoms with Gasteiger partial charge in [-0.25, -0.2) is 0 Å². The van der Waals surface area contributed by atoms with E-state index in [0.717, 1.165) is 6.42 Å². The third kappa shape index (κ3) is 24.6. The van der Waals surface area contributed by atoms with Crippen LogP contribution in [0.1, 0.15) is 52.9 Å². The molecule has 0 saturated carbocycles. The van der Waals surface area contributed by atoms with Gasteiger partial charge in [0.25, 0.3) is 0 Å². The fourth-order valence-corrected chi connectivity index (χ4v) is 0.500. The third-order valence-corrected chi connectivity index (χ3v) is 1.18. The van der Waals surface area contributed by atoms with Crippen LogP contribution in [0.25, 0.3) is 0 Å². The van der Waals surface area contributed by atoms with Crippen LogP contribution in [0.5, 0.6) is 0 Å². The van der Waals surface area contributed by atoms with E-state index in [1.807, 2.05) is 6.92 Å². The maximum atomic E-state index is 7.88. The summed E-state index contributed by atoms with van der Waals surface area (Å²) in [6.45, 7) is 6.71. The summed E-state index contributed by atoms with van der Waals surface area (Å²) in [5.41, 5.74) is 0. The predicted octanol–water partition coefficient (Wildman–Crippen LogP) is 2.98. The summed E-state index contributed by atoms with van der Waals surface area (Å²) in [4.78, 5) is 0. The van der Waals surface area contributed by atoms with Crippen molar-refractivity contribution in [3.05, 3.63) is 0 Å². The van der Waals surface area contributed by atoms with E-state index in [-0.39, 0.29) is 0 Å². The maximum absolute atomic E-state index is 7.88. The van der Waals surface area contributed by atoms with E-state index < -0.39 is 0 Å². The topological polar surface area (TPSA) is 20.2 Å². The van der Waals surface area contributed by atoms with Gasteiger partial charge in [-0.1, -0.05) is 46.5 Å². The van der Waals surface area contributed by atoms with Gasteiger partial charge in [-0.15, -0.1) is 0 Å². The van der Waals surface area contributed by atoms with Crippen LogP contribution in [-0.4, -0.2) is 11.7 Å². The van der Waals surface area contributed by atoms with E-state index in [9.17, 15) is 0 Å². The zero-order valence-electron chi connectivity index (χ0n) is 7.69. The lowest BCUT2D eigenvalue weighted by atomic mass is 10.2. The number of aliphatic hydroxyl groups excluding tert-OH is 1. The van der Waals surface area contributed by atoms with Crippen LogP contribution in [-0.2, 0) is 0 Å². The van der Waals surface area contributed by atoms with Crippen molar-refractivity contribution in [3.8, 4) is 0 Å². The SMILES string of the molecule is CCCCCC.CCCO. The quantitative estimate of drug-likeness (QED) is 0.604. The summed E-state index contributed by atoms with van der Waals surface area (Å²) < 4.78 is 0. The fourth-order valence-electron chi connectivity index (χ4n) is 0.500. The average Bonchev–Trinajstić information content (AvgIpc) is 2.01. The highest BCUT2D eigenvalue weighted by Crippen LogP contribution is 1.95. The van der Waals surface area contributed by atoms with Crippen LogP contribution in [0.15, 0.2) is 0 Å². The molecule has 64 valence electrons. The Morgan fingerprint density at radius 3 is 1.20 bits per heavy atom. The van der Waals surface area contributed by atoms with Gasteiger partial charge in [0.2, 0.25) is 0 Å². The molecule has 0 heterocycles. The van der Waals surface area contributed by atoms with Gasteiger partial charge in [0.15, 0.2) is 0 Å². The summed E-state index contributed by atoms with van der Waals surface area (Å²) in [5.74, 6) is 0. The lowest BCUT2D eigenvalue weighted by Crippen LogP contribution is -1.69. The fraction of sp³-hybridized carbons (Fsp3) is 1.00. The van der Waals surface area contributed by atoms with Crippen molar-refractivity contribution in [1.29, 1.82) is 0 Å². The first kappa shape index (κ1) is 12.6. The minimum atomic E-state index is 0.319. The van der Waals surface area contributed by atoms with Gasteiger partial charge in [0, 0.05) is 6.61 Å². The summed E-state index contributed by atoms with van der Waals surface area (Å²) in [5, 5.41) is 7.88. The van der Waals surface area contributed by atoms with E-state index in [4.69, 9.17) is 5.11 Å². The van der Waals surface area contributed by atoms with E-state index in [0.29, 0.717) is 6.61 Å². The number of aliphatic hydroxyl groups is 1. The molecule has 1 N–H and O–H groups in total. The molecule has 10 heavy (non-hydrogen) atoms. The largest absolute Gasteiger partial charge is 0.396 e. The number of hydrogen-bond donors (Lipinski definition) is 1. The highest BCUT2D eigenvalue weighted by molar-refractivity contribution is 4.31. The molecular formula is C9H22O. The Kier molecular flexibility index (Phi) is 20.2. The monoisotopic (exact) mass is 146 g/mol. The van der Waals surface area contributed by atoms with Gasteiger partial charge in [-0.2, -0.15) is 0 Å². The Labute approximate surface area is 65.5 Å². The highest BCUT2D eigenvalue weighted by atomic mass is 16.2. The second-order valence-electron chi connectivity index (χ2n) is 2.43. The smallest absolute Gasteiger partial charge is 0.0428 e. The number of unbranched alkanes of at least 4 members (excludes halogenated alkanes) is 3. The molecular weight excluding hydrogens is 124 g/mol. The molecule has 0 fully saturated rings. The lowest BCUT2D eigenvalue weighted by Gasteiger charge is -1.86. The first-order chi connectivity index (χ1) is 4.83. The minimum Gasteiger partial charge on any atom is -0.396 e. The first-order valence-electron chi connectivity index (χ1n) is 4.44. The first-order valence-corrected chi connectivity index (χ1v) is 4.44. The van der Waals surface area contributed by atoms with E-state index in [1.165, 1.54) is 25.7 Å². The average molecular weight is 146 g/mol. The molecule has 0 aliphatic rings. The second kappa shape index (κ2) is 16.0. The molecule has 0 radical (unpaired) electrons. The van der Waals surface area contributed by atoms with Crippen molar-refractivity contribution in [2.75, 3.05) is 6.61 Å². The summed E-state index contributed by atoms with van der Waals surface area (Å²) in [7, 11) is 0. The second-order valence-corrected chi connectivity index (χ2v) is 2.43. The molecule has 0 aromatic heterocycles. The normalized spacial score (nSPS) is 8.40. The van der Waals surface area contributed by atoms with Crippen molar-refractivity contribution >= 4 is 0 Å². The molecule has 0 spiro atoms. The van der Waals surface area contributed by atoms with Gasteiger partial charge >= 0.3 is 0 Å². The molecule has 0 aromatic carbocycles. The molecule has 0 aliphatic carbocycles. The summed E-state index contributed by atoms with van der Waals surface area (Å²) in [6.07, 6.45) is 6.41. The Morgan fingerprint density at radius 1 is 0.800 bits per heavy atom. The minimum absolute atomic E-state index is 0.319. The molecule has 1 heteroatoms. The van der Waals surface area contributed by atoms with Crippen LogP contribution < -0.4 is 0 Å². The summed E-state index contributed by atoms with van der Waals surface area (Å²) >= 11 is 0. The Hall–Kier alpha value is -0.0400. The van der Waals surface area contributed by atoms with Crippen molar-refractivity contribution in [2.45, 2.75) is 52.9 Å². The van der Waals surface area contributed by atoms with Gasteiger partial charge in [0.05, 0.1) is 0 Å². The number of rotatable bonds is 4. The van der Waals surface area contributed by atoms with Crippen LogP contribution in [0, 0.1) is 0 Å². The zero-order valence-corrected chi connectivity index (χ0v) is 7.69. The van der Waals surface area contributed by atoms with Crippen LogP contribution in [0.4, 0.5) is 0 Å². The molecule has 0 aromatic rings. The Morgan fingerprint density at radius 2 is 1.10 bits per heavy atom. The molecule has 0 atom stereocenters. The highest BCUT2D eigenvalue weighted by Gasteiger charge is 1.75.